The van der Waals surface area contributed by atoms with Gasteiger partial charge in [-0.25, -0.2) is 0 Å². The van der Waals surface area contributed by atoms with Crippen LogP contribution in [-0.2, 0) is 4.74 Å². The summed E-state index contributed by atoms with van der Waals surface area (Å²) in [6.07, 6.45) is 3.67. The SMILES string of the molecule is COC1CCC(N=C(N)C(C)C)C1. The van der Waals surface area contributed by atoms with Crippen LogP contribution >= 0.6 is 0 Å². The highest BCUT2D eigenvalue weighted by atomic mass is 16.5. The van der Waals surface area contributed by atoms with Gasteiger partial charge in [0.15, 0.2) is 0 Å². The molecule has 2 atom stereocenters. The number of amidine groups is 1. The van der Waals surface area contributed by atoms with E-state index in [0.717, 1.165) is 25.1 Å². The zero-order chi connectivity index (χ0) is 9.84. The van der Waals surface area contributed by atoms with Gasteiger partial charge in [0.2, 0.25) is 0 Å². The first-order valence-electron chi connectivity index (χ1n) is 4.99. The van der Waals surface area contributed by atoms with Crippen molar-refractivity contribution in [2.45, 2.75) is 45.3 Å². The Morgan fingerprint density at radius 2 is 2.15 bits per heavy atom. The second kappa shape index (κ2) is 4.61. The lowest BCUT2D eigenvalue weighted by Gasteiger charge is -2.09. The van der Waals surface area contributed by atoms with Crippen molar-refractivity contribution < 1.29 is 4.74 Å². The molecule has 0 bridgehead atoms. The average molecular weight is 184 g/mol. The molecular formula is C10H20N2O. The van der Waals surface area contributed by atoms with Crippen molar-refractivity contribution >= 4 is 5.84 Å². The predicted molar refractivity (Wildman–Crippen MR) is 54.9 cm³/mol. The largest absolute Gasteiger partial charge is 0.387 e. The Kier molecular flexibility index (Phi) is 3.72. The van der Waals surface area contributed by atoms with Crippen molar-refractivity contribution in [2.75, 3.05) is 7.11 Å². The lowest BCUT2D eigenvalue weighted by molar-refractivity contribution is 0.108. The molecule has 0 radical (unpaired) electrons. The molecule has 3 nitrogen and oxygen atoms in total. The molecule has 1 aliphatic carbocycles. The summed E-state index contributed by atoms with van der Waals surface area (Å²) in [5.74, 6) is 1.14. The Morgan fingerprint density at radius 1 is 1.46 bits per heavy atom. The Hall–Kier alpha value is -0.570. The first kappa shape index (κ1) is 10.5. The average Bonchev–Trinajstić information content (AvgIpc) is 2.52. The molecule has 0 aliphatic heterocycles. The molecule has 13 heavy (non-hydrogen) atoms. The van der Waals surface area contributed by atoms with Crippen LogP contribution in [0.15, 0.2) is 4.99 Å². The number of methoxy groups -OCH3 is 1. The molecule has 1 rings (SSSR count). The number of hydrogen-bond donors (Lipinski definition) is 1. The van der Waals surface area contributed by atoms with E-state index in [-0.39, 0.29) is 0 Å². The van der Waals surface area contributed by atoms with Gasteiger partial charge in [-0.15, -0.1) is 0 Å². The van der Waals surface area contributed by atoms with Crippen LogP contribution in [0.5, 0.6) is 0 Å². The highest BCUT2D eigenvalue weighted by Gasteiger charge is 2.24. The van der Waals surface area contributed by atoms with Crippen molar-refractivity contribution in [3.8, 4) is 0 Å². The minimum absolute atomic E-state index is 0.363. The molecule has 76 valence electrons. The summed E-state index contributed by atoms with van der Waals surface area (Å²) >= 11 is 0. The van der Waals surface area contributed by atoms with Gasteiger partial charge >= 0.3 is 0 Å². The van der Waals surface area contributed by atoms with Crippen molar-refractivity contribution in [2.24, 2.45) is 16.6 Å². The van der Waals surface area contributed by atoms with E-state index < -0.39 is 0 Å². The van der Waals surface area contributed by atoms with Crippen LogP contribution in [0.1, 0.15) is 33.1 Å². The smallest absolute Gasteiger partial charge is 0.0966 e. The van der Waals surface area contributed by atoms with Gasteiger partial charge in [0, 0.05) is 13.0 Å². The van der Waals surface area contributed by atoms with Crippen LogP contribution in [0, 0.1) is 5.92 Å². The third kappa shape index (κ3) is 2.99. The first-order chi connectivity index (χ1) is 6.13. The van der Waals surface area contributed by atoms with Gasteiger partial charge in [-0.2, -0.15) is 0 Å². The van der Waals surface area contributed by atoms with Crippen molar-refractivity contribution in [1.82, 2.24) is 0 Å². The van der Waals surface area contributed by atoms with Crippen molar-refractivity contribution in [3.63, 3.8) is 0 Å². The first-order valence-corrected chi connectivity index (χ1v) is 4.99. The quantitative estimate of drug-likeness (QED) is 0.534. The van der Waals surface area contributed by atoms with Crippen LogP contribution < -0.4 is 5.73 Å². The monoisotopic (exact) mass is 184 g/mol. The second-order valence-corrected chi connectivity index (χ2v) is 4.03. The minimum Gasteiger partial charge on any atom is -0.387 e. The summed E-state index contributed by atoms with van der Waals surface area (Å²) in [5.41, 5.74) is 5.79. The molecule has 2 N–H and O–H groups in total. The molecule has 1 aliphatic rings. The van der Waals surface area contributed by atoms with Gasteiger partial charge in [0.1, 0.15) is 0 Å². The maximum atomic E-state index is 5.79. The topological polar surface area (TPSA) is 47.6 Å². The molecule has 0 saturated heterocycles. The normalized spacial score (nSPS) is 30.0. The number of nitrogens with zero attached hydrogens (tertiary/aromatic N) is 1. The Bertz CT molecular complexity index is 189. The molecule has 1 fully saturated rings. The zero-order valence-corrected chi connectivity index (χ0v) is 8.79. The van der Waals surface area contributed by atoms with E-state index in [4.69, 9.17) is 10.5 Å². The van der Waals surface area contributed by atoms with E-state index >= 15 is 0 Å². The van der Waals surface area contributed by atoms with Gasteiger partial charge in [-0.05, 0) is 19.3 Å². The number of rotatable bonds is 3. The third-order valence-electron chi connectivity index (χ3n) is 2.61. The van der Waals surface area contributed by atoms with Crippen LogP contribution in [0.25, 0.3) is 0 Å². The molecule has 0 aromatic heterocycles. The number of aliphatic imine (C=N–C) groups is 1. The number of hydrogen-bond acceptors (Lipinski definition) is 2. The lowest BCUT2D eigenvalue weighted by atomic mass is 10.2. The summed E-state index contributed by atoms with van der Waals surface area (Å²) in [6.45, 7) is 4.14. The second-order valence-electron chi connectivity index (χ2n) is 4.03. The van der Waals surface area contributed by atoms with Crippen LogP contribution in [0.3, 0.4) is 0 Å². The van der Waals surface area contributed by atoms with Crippen LogP contribution in [0.4, 0.5) is 0 Å². The molecule has 0 heterocycles. The third-order valence-corrected chi connectivity index (χ3v) is 2.61. The van der Waals surface area contributed by atoms with Gasteiger partial charge in [0.05, 0.1) is 18.0 Å². The van der Waals surface area contributed by atoms with E-state index in [9.17, 15) is 0 Å². The molecule has 0 spiro atoms. The lowest BCUT2D eigenvalue weighted by Crippen LogP contribution is -2.21. The maximum Gasteiger partial charge on any atom is 0.0966 e. The van der Waals surface area contributed by atoms with Crippen LogP contribution in [0.2, 0.25) is 0 Å². The minimum atomic E-state index is 0.363. The molecular weight excluding hydrogens is 164 g/mol. The molecule has 1 saturated carbocycles. The van der Waals surface area contributed by atoms with Crippen molar-refractivity contribution in [1.29, 1.82) is 0 Å². The molecule has 3 heteroatoms. The van der Waals surface area contributed by atoms with E-state index in [2.05, 4.69) is 18.8 Å². The summed E-state index contributed by atoms with van der Waals surface area (Å²) in [4.78, 5) is 4.49. The summed E-state index contributed by atoms with van der Waals surface area (Å²) in [5, 5.41) is 0. The fourth-order valence-electron chi connectivity index (χ4n) is 1.61. The molecule has 2 unspecified atom stereocenters. The molecule has 0 aromatic carbocycles. The van der Waals surface area contributed by atoms with E-state index in [1.165, 1.54) is 0 Å². The van der Waals surface area contributed by atoms with Gasteiger partial charge in [-0.3, -0.25) is 4.99 Å². The summed E-state index contributed by atoms with van der Waals surface area (Å²) in [7, 11) is 1.77. The number of ether oxygens (including phenoxy) is 1. The highest BCUT2D eigenvalue weighted by Crippen LogP contribution is 2.24. The van der Waals surface area contributed by atoms with Gasteiger partial charge < -0.3 is 10.5 Å². The molecule has 0 aromatic rings. The predicted octanol–water partition coefficient (Wildman–Crippen LogP) is 1.57. The van der Waals surface area contributed by atoms with Crippen molar-refractivity contribution in [3.05, 3.63) is 0 Å². The van der Waals surface area contributed by atoms with E-state index in [1.54, 1.807) is 7.11 Å². The Morgan fingerprint density at radius 3 is 2.62 bits per heavy atom. The standard InChI is InChI=1S/C10H20N2O/c1-7(2)10(11)12-8-4-5-9(6-8)13-3/h7-9H,4-6H2,1-3H3,(H2,11,12). The Balaban J connectivity index is 2.43. The van der Waals surface area contributed by atoms with Gasteiger partial charge in [0.25, 0.3) is 0 Å². The Labute approximate surface area is 80.4 Å². The fraction of sp³-hybridized carbons (Fsp3) is 0.900. The highest BCUT2D eigenvalue weighted by molar-refractivity contribution is 5.82. The summed E-state index contributed by atoms with van der Waals surface area (Å²) < 4.78 is 5.27. The van der Waals surface area contributed by atoms with Gasteiger partial charge in [-0.1, -0.05) is 13.8 Å². The fourth-order valence-corrected chi connectivity index (χ4v) is 1.61. The maximum absolute atomic E-state index is 5.79. The van der Waals surface area contributed by atoms with E-state index in [0.29, 0.717) is 18.1 Å². The number of nitrogens with two attached hydrogens (primary N) is 1. The van der Waals surface area contributed by atoms with Crippen LogP contribution in [-0.4, -0.2) is 25.1 Å². The summed E-state index contributed by atoms with van der Waals surface area (Å²) in [6, 6.07) is 0.396. The molecule has 0 amide bonds. The zero-order valence-electron chi connectivity index (χ0n) is 8.79. The van der Waals surface area contributed by atoms with E-state index in [1.807, 2.05) is 0 Å².